The molecular formula is C11H11BrOS. The first-order valence-corrected chi connectivity index (χ1v) is 6.18. The van der Waals surface area contributed by atoms with Gasteiger partial charge in [-0.2, -0.15) is 0 Å². The Labute approximate surface area is 95.5 Å². The zero-order chi connectivity index (χ0) is 10.1. The minimum absolute atomic E-state index is 0.153. The second kappa shape index (κ2) is 4.01. The molecule has 2 rings (SSSR count). The zero-order valence-corrected chi connectivity index (χ0v) is 10.3. The maximum Gasteiger partial charge on any atom is 0.0777 e. The SMILES string of the molecule is CCc1c(CO)sc2ccc(Br)cc12. The van der Waals surface area contributed by atoms with E-state index in [2.05, 4.69) is 35.0 Å². The van der Waals surface area contributed by atoms with Crippen molar-refractivity contribution in [1.29, 1.82) is 0 Å². The third-order valence-corrected chi connectivity index (χ3v) is 4.02. The van der Waals surface area contributed by atoms with E-state index in [1.54, 1.807) is 11.3 Å². The Kier molecular flexibility index (Phi) is 2.91. The van der Waals surface area contributed by atoms with Crippen LogP contribution in [0.25, 0.3) is 10.1 Å². The van der Waals surface area contributed by atoms with Crippen LogP contribution in [0.3, 0.4) is 0 Å². The first-order valence-electron chi connectivity index (χ1n) is 4.57. The molecule has 3 heteroatoms. The molecule has 0 aliphatic carbocycles. The van der Waals surface area contributed by atoms with Crippen LogP contribution in [0.5, 0.6) is 0 Å². The number of hydrogen-bond acceptors (Lipinski definition) is 2. The van der Waals surface area contributed by atoms with E-state index < -0.39 is 0 Å². The summed E-state index contributed by atoms with van der Waals surface area (Å²) in [5, 5.41) is 10.5. The van der Waals surface area contributed by atoms with Crippen molar-refractivity contribution < 1.29 is 5.11 Å². The van der Waals surface area contributed by atoms with E-state index in [-0.39, 0.29) is 6.61 Å². The van der Waals surface area contributed by atoms with Crippen LogP contribution in [0.15, 0.2) is 22.7 Å². The van der Waals surface area contributed by atoms with Gasteiger partial charge in [0.25, 0.3) is 0 Å². The maximum absolute atomic E-state index is 9.22. The van der Waals surface area contributed by atoms with E-state index in [1.165, 1.54) is 15.6 Å². The quantitative estimate of drug-likeness (QED) is 0.882. The lowest BCUT2D eigenvalue weighted by molar-refractivity contribution is 0.284. The number of rotatable bonds is 2. The third-order valence-electron chi connectivity index (χ3n) is 2.33. The van der Waals surface area contributed by atoms with E-state index in [0.717, 1.165) is 15.8 Å². The molecule has 0 saturated carbocycles. The van der Waals surface area contributed by atoms with Crippen molar-refractivity contribution in [3.8, 4) is 0 Å². The van der Waals surface area contributed by atoms with Crippen LogP contribution in [0.1, 0.15) is 17.4 Å². The van der Waals surface area contributed by atoms with Crippen LogP contribution in [-0.2, 0) is 13.0 Å². The van der Waals surface area contributed by atoms with Gasteiger partial charge in [-0.05, 0) is 35.6 Å². The van der Waals surface area contributed by atoms with Crippen molar-refractivity contribution in [1.82, 2.24) is 0 Å². The minimum atomic E-state index is 0.153. The lowest BCUT2D eigenvalue weighted by Crippen LogP contribution is -1.85. The van der Waals surface area contributed by atoms with Crippen molar-refractivity contribution in [2.75, 3.05) is 0 Å². The van der Waals surface area contributed by atoms with Gasteiger partial charge >= 0.3 is 0 Å². The molecule has 0 radical (unpaired) electrons. The fraction of sp³-hybridized carbons (Fsp3) is 0.273. The van der Waals surface area contributed by atoms with Crippen LogP contribution in [0.4, 0.5) is 0 Å². The summed E-state index contributed by atoms with van der Waals surface area (Å²) in [7, 11) is 0. The summed E-state index contributed by atoms with van der Waals surface area (Å²) in [5.41, 5.74) is 1.29. The molecule has 0 atom stereocenters. The molecular weight excluding hydrogens is 260 g/mol. The number of thiophene rings is 1. The van der Waals surface area contributed by atoms with Gasteiger partial charge in [0, 0.05) is 14.0 Å². The molecule has 74 valence electrons. The highest BCUT2D eigenvalue weighted by Gasteiger charge is 2.09. The molecule has 0 spiro atoms. The van der Waals surface area contributed by atoms with Crippen LogP contribution in [0, 0.1) is 0 Å². The van der Waals surface area contributed by atoms with Gasteiger partial charge < -0.3 is 5.11 Å². The van der Waals surface area contributed by atoms with Gasteiger partial charge in [0.15, 0.2) is 0 Å². The molecule has 0 saturated heterocycles. The summed E-state index contributed by atoms with van der Waals surface area (Å²) >= 11 is 5.16. The highest BCUT2D eigenvalue weighted by atomic mass is 79.9. The molecule has 0 aliphatic heterocycles. The van der Waals surface area contributed by atoms with E-state index in [4.69, 9.17) is 0 Å². The van der Waals surface area contributed by atoms with E-state index in [9.17, 15) is 5.11 Å². The Morgan fingerprint density at radius 2 is 2.21 bits per heavy atom. The number of aliphatic hydroxyl groups excluding tert-OH is 1. The molecule has 0 bridgehead atoms. The van der Waals surface area contributed by atoms with Gasteiger partial charge in [-0.25, -0.2) is 0 Å². The summed E-state index contributed by atoms with van der Waals surface area (Å²) in [5.74, 6) is 0. The second-order valence-corrected chi connectivity index (χ2v) is 5.21. The average Bonchev–Trinajstić information content (AvgIpc) is 2.54. The Hall–Kier alpha value is -0.380. The number of fused-ring (bicyclic) bond motifs is 1. The first-order chi connectivity index (χ1) is 6.76. The highest BCUT2D eigenvalue weighted by molar-refractivity contribution is 9.10. The van der Waals surface area contributed by atoms with Gasteiger partial charge in [-0.1, -0.05) is 22.9 Å². The summed E-state index contributed by atoms with van der Waals surface area (Å²) < 4.78 is 2.36. The molecule has 1 aromatic heterocycles. The number of aryl methyl sites for hydroxylation is 1. The maximum atomic E-state index is 9.22. The normalized spacial score (nSPS) is 11.1. The first kappa shape index (κ1) is 10.1. The Balaban J connectivity index is 2.74. The third kappa shape index (κ3) is 1.60. The predicted octanol–water partition coefficient (Wildman–Crippen LogP) is 3.72. The van der Waals surface area contributed by atoms with Gasteiger partial charge in [0.2, 0.25) is 0 Å². The monoisotopic (exact) mass is 270 g/mol. The van der Waals surface area contributed by atoms with Crippen molar-refractivity contribution in [2.24, 2.45) is 0 Å². The van der Waals surface area contributed by atoms with E-state index in [1.807, 2.05) is 6.07 Å². The molecule has 0 unspecified atom stereocenters. The van der Waals surface area contributed by atoms with E-state index >= 15 is 0 Å². The average molecular weight is 271 g/mol. The lowest BCUT2D eigenvalue weighted by Gasteiger charge is -1.97. The van der Waals surface area contributed by atoms with Gasteiger partial charge in [0.05, 0.1) is 6.61 Å². The Morgan fingerprint density at radius 1 is 1.43 bits per heavy atom. The fourth-order valence-corrected chi connectivity index (χ4v) is 3.18. The van der Waals surface area contributed by atoms with E-state index in [0.29, 0.717) is 0 Å². The highest BCUT2D eigenvalue weighted by Crippen LogP contribution is 2.33. The second-order valence-electron chi connectivity index (χ2n) is 3.16. The summed E-state index contributed by atoms with van der Waals surface area (Å²) in [6.45, 7) is 2.28. The smallest absolute Gasteiger partial charge is 0.0777 e. The molecule has 0 aliphatic rings. The number of benzene rings is 1. The topological polar surface area (TPSA) is 20.2 Å². The minimum Gasteiger partial charge on any atom is -0.391 e. The number of aliphatic hydroxyl groups is 1. The lowest BCUT2D eigenvalue weighted by atomic mass is 10.1. The molecule has 0 fully saturated rings. The molecule has 1 heterocycles. The van der Waals surface area contributed by atoms with Crippen LogP contribution in [0.2, 0.25) is 0 Å². The van der Waals surface area contributed by atoms with Crippen molar-refractivity contribution >= 4 is 37.4 Å². The van der Waals surface area contributed by atoms with Crippen LogP contribution < -0.4 is 0 Å². The number of hydrogen-bond donors (Lipinski definition) is 1. The van der Waals surface area contributed by atoms with Crippen molar-refractivity contribution in [3.63, 3.8) is 0 Å². The molecule has 1 nitrogen and oxygen atoms in total. The molecule has 0 amide bonds. The predicted molar refractivity (Wildman–Crippen MR) is 64.8 cm³/mol. The molecule has 14 heavy (non-hydrogen) atoms. The van der Waals surface area contributed by atoms with Crippen molar-refractivity contribution in [3.05, 3.63) is 33.1 Å². The fourth-order valence-electron chi connectivity index (χ4n) is 1.69. The van der Waals surface area contributed by atoms with Gasteiger partial charge in [0.1, 0.15) is 0 Å². The zero-order valence-electron chi connectivity index (χ0n) is 7.88. The Bertz CT molecular complexity index is 462. The van der Waals surface area contributed by atoms with Gasteiger partial charge in [-0.3, -0.25) is 0 Å². The molecule has 1 N–H and O–H groups in total. The molecule has 1 aromatic carbocycles. The summed E-state index contributed by atoms with van der Waals surface area (Å²) in [6.07, 6.45) is 0.979. The van der Waals surface area contributed by atoms with Crippen LogP contribution >= 0.6 is 27.3 Å². The summed E-state index contributed by atoms with van der Waals surface area (Å²) in [4.78, 5) is 1.10. The number of halogens is 1. The summed E-state index contributed by atoms with van der Waals surface area (Å²) in [6, 6.07) is 6.27. The van der Waals surface area contributed by atoms with Gasteiger partial charge in [-0.15, -0.1) is 11.3 Å². The molecule has 2 aromatic rings. The standard InChI is InChI=1S/C11H11BrOS/c1-2-8-9-5-7(12)3-4-10(9)14-11(8)6-13/h3-5,13H,2,6H2,1H3. The van der Waals surface area contributed by atoms with Crippen molar-refractivity contribution in [2.45, 2.75) is 20.0 Å². The Morgan fingerprint density at radius 3 is 2.86 bits per heavy atom. The largest absolute Gasteiger partial charge is 0.391 e. The van der Waals surface area contributed by atoms with Crippen LogP contribution in [-0.4, -0.2) is 5.11 Å².